The summed E-state index contributed by atoms with van der Waals surface area (Å²) in [6.07, 6.45) is 1.60. The molecule has 0 saturated heterocycles. The summed E-state index contributed by atoms with van der Waals surface area (Å²) < 4.78 is 6.98. The van der Waals surface area contributed by atoms with E-state index in [9.17, 15) is 4.79 Å². The van der Waals surface area contributed by atoms with Crippen LogP contribution >= 0.6 is 35.0 Å². The van der Waals surface area contributed by atoms with Crippen molar-refractivity contribution in [3.8, 4) is 11.4 Å². The van der Waals surface area contributed by atoms with Gasteiger partial charge in [-0.25, -0.2) is 0 Å². The number of ether oxygens (including phenoxy) is 1. The van der Waals surface area contributed by atoms with Gasteiger partial charge in [0.1, 0.15) is 12.1 Å². The molecule has 0 aliphatic carbocycles. The molecule has 1 atom stereocenters. The highest BCUT2D eigenvalue weighted by Crippen LogP contribution is 2.28. The molecule has 0 fully saturated rings. The van der Waals surface area contributed by atoms with Crippen LogP contribution in [0.3, 0.4) is 0 Å². The van der Waals surface area contributed by atoms with Crippen molar-refractivity contribution in [2.45, 2.75) is 17.3 Å². The Labute approximate surface area is 170 Å². The first kappa shape index (κ1) is 19.5. The Morgan fingerprint density at radius 3 is 2.63 bits per heavy atom. The summed E-state index contributed by atoms with van der Waals surface area (Å²) in [7, 11) is 1.61. The first-order valence-electron chi connectivity index (χ1n) is 7.95. The predicted octanol–water partition coefficient (Wildman–Crippen LogP) is 4.70. The number of carbonyl (C=O) groups is 1. The van der Waals surface area contributed by atoms with Gasteiger partial charge in [0.15, 0.2) is 5.16 Å². The third-order valence-electron chi connectivity index (χ3n) is 3.71. The van der Waals surface area contributed by atoms with Crippen LogP contribution in [0.2, 0.25) is 10.0 Å². The van der Waals surface area contributed by atoms with E-state index in [2.05, 4.69) is 15.5 Å². The summed E-state index contributed by atoms with van der Waals surface area (Å²) in [5.41, 5.74) is 1.38. The van der Waals surface area contributed by atoms with E-state index < -0.39 is 5.25 Å². The standard InChI is InChI=1S/C18H16Cl2N4O2S/c1-11(17(25)22-16-8-3-12(19)9-15(16)20)27-18-23-21-10-24(18)13-4-6-14(26-2)7-5-13/h3-11H,1-2H3,(H,22,25). The number of amides is 1. The fourth-order valence-corrected chi connectivity index (χ4v) is 3.56. The van der Waals surface area contributed by atoms with Crippen molar-refractivity contribution >= 4 is 46.6 Å². The number of nitrogens with one attached hydrogen (secondary N) is 1. The number of thioether (sulfide) groups is 1. The third-order valence-corrected chi connectivity index (χ3v) is 5.31. The molecule has 6 nitrogen and oxygen atoms in total. The zero-order chi connectivity index (χ0) is 19.4. The second-order valence-electron chi connectivity index (χ2n) is 5.56. The highest BCUT2D eigenvalue weighted by atomic mass is 35.5. The van der Waals surface area contributed by atoms with Crippen molar-refractivity contribution in [1.82, 2.24) is 14.8 Å². The zero-order valence-electron chi connectivity index (χ0n) is 14.5. The van der Waals surface area contributed by atoms with E-state index in [4.69, 9.17) is 27.9 Å². The lowest BCUT2D eigenvalue weighted by Crippen LogP contribution is -2.23. The Morgan fingerprint density at radius 2 is 1.96 bits per heavy atom. The molecule has 3 aromatic rings. The molecule has 1 N–H and O–H groups in total. The molecule has 0 aliphatic heterocycles. The molecule has 0 spiro atoms. The first-order chi connectivity index (χ1) is 13.0. The monoisotopic (exact) mass is 422 g/mol. The number of aromatic nitrogens is 3. The maximum absolute atomic E-state index is 12.5. The van der Waals surface area contributed by atoms with Gasteiger partial charge in [0, 0.05) is 10.7 Å². The maximum Gasteiger partial charge on any atom is 0.237 e. The number of rotatable bonds is 6. The van der Waals surface area contributed by atoms with Gasteiger partial charge in [-0.05, 0) is 49.4 Å². The van der Waals surface area contributed by atoms with E-state index in [0.717, 1.165) is 11.4 Å². The maximum atomic E-state index is 12.5. The second-order valence-corrected chi connectivity index (χ2v) is 7.71. The van der Waals surface area contributed by atoms with E-state index in [0.29, 0.717) is 20.9 Å². The molecule has 1 heterocycles. The second kappa shape index (κ2) is 8.65. The molecule has 0 bridgehead atoms. The molecule has 27 heavy (non-hydrogen) atoms. The molecule has 0 radical (unpaired) electrons. The smallest absolute Gasteiger partial charge is 0.237 e. The highest BCUT2D eigenvalue weighted by molar-refractivity contribution is 8.00. The van der Waals surface area contributed by atoms with Crippen LogP contribution in [0.25, 0.3) is 5.69 Å². The molecule has 2 aromatic carbocycles. The van der Waals surface area contributed by atoms with Crippen molar-refractivity contribution in [2.75, 3.05) is 12.4 Å². The van der Waals surface area contributed by atoms with E-state index in [1.54, 1.807) is 38.6 Å². The lowest BCUT2D eigenvalue weighted by Gasteiger charge is -2.13. The number of hydrogen-bond acceptors (Lipinski definition) is 5. The largest absolute Gasteiger partial charge is 0.497 e. The van der Waals surface area contributed by atoms with Crippen LogP contribution in [0, 0.1) is 0 Å². The molecule has 0 aliphatic rings. The van der Waals surface area contributed by atoms with Gasteiger partial charge >= 0.3 is 0 Å². The minimum atomic E-state index is -0.419. The van der Waals surface area contributed by atoms with Crippen LogP contribution < -0.4 is 10.1 Å². The summed E-state index contributed by atoms with van der Waals surface area (Å²) in [5, 5.41) is 11.9. The minimum Gasteiger partial charge on any atom is -0.497 e. The SMILES string of the molecule is COc1ccc(-n2cnnc2SC(C)C(=O)Nc2ccc(Cl)cc2Cl)cc1. The summed E-state index contributed by atoms with van der Waals surface area (Å²) in [4.78, 5) is 12.5. The van der Waals surface area contributed by atoms with Gasteiger partial charge in [0.25, 0.3) is 0 Å². The Balaban J connectivity index is 1.71. The van der Waals surface area contributed by atoms with Gasteiger partial charge in [-0.3, -0.25) is 9.36 Å². The normalized spacial score (nSPS) is 11.9. The molecule has 3 rings (SSSR count). The molecule has 1 aromatic heterocycles. The summed E-state index contributed by atoms with van der Waals surface area (Å²) >= 11 is 13.3. The average Bonchev–Trinajstić information content (AvgIpc) is 3.12. The molecule has 0 saturated carbocycles. The number of halogens is 2. The number of nitrogens with zero attached hydrogens (tertiary/aromatic N) is 3. The lowest BCUT2D eigenvalue weighted by atomic mass is 10.3. The van der Waals surface area contributed by atoms with E-state index in [-0.39, 0.29) is 5.91 Å². The Morgan fingerprint density at radius 1 is 1.22 bits per heavy atom. The lowest BCUT2D eigenvalue weighted by molar-refractivity contribution is -0.115. The molecule has 140 valence electrons. The molecule has 1 unspecified atom stereocenters. The number of methoxy groups -OCH3 is 1. The van der Waals surface area contributed by atoms with E-state index >= 15 is 0 Å². The molecular weight excluding hydrogens is 407 g/mol. The first-order valence-corrected chi connectivity index (χ1v) is 9.58. The number of anilines is 1. The summed E-state index contributed by atoms with van der Waals surface area (Å²) in [6.45, 7) is 1.79. The van der Waals surface area contributed by atoms with Gasteiger partial charge in [-0.15, -0.1) is 10.2 Å². The van der Waals surface area contributed by atoms with Gasteiger partial charge < -0.3 is 10.1 Å². The van der Waals surface area contributed by atoms with E-state index in [1.807, 2.05) is 28.8 Å². The number of hydrogen-bond donors (Lipinski definition) is 1. The fraction of sp³-hybridized carbons (Fsp3) is 0.167. The number of carbonyl (C=O) groups excluding carboxylic acids is 1. The van der Waals surface area contributed by atoms with E-state index in [1.165, 1.54) is 11.8 Å². The summed E-state index contributed by atoms with van der Waals surface area (Å²) in [6, 6.07) is 12.4. The summed E-state index contributed by atoms with van der Waals surface area (Å²) in [5.74, 6) is 0.558. The minimum absolute atomic E-state index is 0.200. The molecular formula is C18H16Cl2N4O2S. The number of benzene rings is 2. The Hall–Kier alpha value is -2.22. The molecule has 1 amide bonds. The Bertz CT molecular complexity index is 947. The van der Waals surface area contributed by atoms with Crippen molar-refractivity contribution in [1.29, 1.82) is 0 Å². The van der Waals surface area contributed by atoms with Gasteiger partial charge in [0.05, 0.1) is 23.1 Å². The van der Waals surface area contributed by atoms with Crippen molar-refractivity contribution in [2.24, 2.45) is 0 Å². The third kappa shape index (κ3) is 4.74. The predicted molar refractivity (Wildman–Crippen MR) is 108 cm³/mol. The Kier molecular flexibility index (Phi) is 6.26. The quantitative estimate of drug-likeness (QED) is 0.582. The zero-order valence-corrected chi connectivity index (χ0v) is 16.8. The highest BCUT2D eigenvalue weighted by Gasteiger charge is 2.19. The fourth-order valence-electron chi connectivity index (χ4n) is 2.26. The molecule has 9 heteroatoms. The topological polar surface area (TPSA) is 69.0 Å². The van der Waals surface area contributed by atoms with Crippen LogP contribution in [0.1, 0.15) is 6.92 Å². The van der Waals surface area contributed by atoms with Crippen molar-refractivity contribution < 1.29 is 9.53 Å². The van der Waals surface area contributed by atoms with Crippen molar-refractivity contribution in [3.63, 3.8) is 0 Å². The van der Waals surface area contributed by atoms with Gasteiger partial charge in [0.2, 0.25) is 5.91 Å². The van der Waals surface area contributed by atoms with Crippen LogP contribution in [0.15, 0.2) is 53.9 Å². The van der Waals surface area contributed by atoms with Gasteiger partial charge in [-0.1, -0.05) is 35.0 Å². The van der Waals surface area contributed by atoms with Crippen LogP contribution in [0.4, 0.5) is 5.69 Å². The van der Waals surface area contributed by atoms with Crippen LogP contribution in [-0.2, 0) is 4.79 Å². The van der Waals surface area contributed by atoms with Crippen LogP contribution in [-0.4, -0.2) is 33.0 Å². The average molecular weight is 423 g/mol. The van der Waals surface area contributed by atoms with Gasteiger partial charge in [-0.2, -0.15) is 0 Å². The van der Waals surface area contributed by atoms with Crippen molar-refractivity contribution in [3.05, 3.63) is 58.8 Å². The van der Waals surface area contributed by atoms with Crippen LogP contribution in [0.5, 0.6) is 5.75 Å².